The van der Waals surface area contributed by atoms with E-state index < -0.39 is 10.0 Å². The van der Waals surface area contributed by atoms with Gasteiger partial charge in [-0.25, -0.2) is 12.8 Å². The van der Waals surface area contributed by atoms with E-state index in [2.05, 4.69) is 9.88 Å². The van der Waals surface area contributed by atoms with Crippen LogP contribution in [-0.2, 0) is 10.0 Å². The molecule has 5 nitrogen and oxygen atoms in total. The highest BCUT2D eigenvalue weighted by Gasteiger charge is 2.31. The molecule has 0 aliphatic carbocycles. The highest BCUT2D eigenvalue weighted by Crippen LogP contribution is 2.28. The van der Waals surface area contributed by atoms with Crippen molar-refractivity contribution in [3.63, 3.8) is 0 Å². The van der Waals surface area contributed by atoms with Crippen LogP contribution in [0.25, 0.3) is 10.8 Å². The van der Waals surface area contributed by atoms with Gasteiger partial charge in [0.05, 0.1) is 4.90 Å². The normalized spacial score (nSPS) is 15.1. The molecule has 0 spiro atoms. The number of hydrogen-bond donors (Lipinski definition) is 0. The molecule has 0 radical (unpaired) electrons. The van der Waals surface area contributed by atoms with Gasteiger partial charge < -0.3 is 4.90 Å². The molecule has 35 heavy (non-hydrogen) atoms. The first-order valence-corrected chi connectivity index (χ1v) is 13.8. The zero-order valence-corrected chi connectivity index (χ0v) is 22.9. The second-order valence-electron chi connectivity index (χ2n) is 8.46. The second kappa shape index (κ2) is 13.8. The highest BCUT2D eigenvalue weighted by molar-refractivity contribution is 7.99. The van der Waals surface area contributed by atoms with E-state index in [9.17, 15) is 12.8 Å². The summed E-state index contributed by atoms with van der Waals surface area (Å²) in [6.45, 7) is 2.85. The maximum atomic E-state index is 13.4. The monoisotopic (exact) mass is 559 g/mol. The van der Waals surface area contributed by atoms with Crippen molar-refractivity contribution >= 4 is 57.4 Å². The van der Waals surface area contributed by atoms with Crippen LogP contribution < -0.4 is 0 Å². The number of nitrogens with zero attached hydrogens (tertiary/aromatic N) is 3. The van der Waals surface area contributed by atoms with E-state index in [0.717, 1.165) is 66.7 Å². The van der Waals surface area contributed by atoms with Crippen LogP contribution >= 0.6 is 36.6 Å². The van der Waals surface area contributed by atoms with E-state index in [1.165, 1.54) is 12.1 Å². The Balaban J connectivity index is 0.00000216. The lowest BCUT2D eigenvalue weighted by Crippen LogP contribution is -2.45. The zero-order valence-electron chi connectivity index (χ0n) is 19.7. The van der Waals surface area contributed by atoms with Crippen molar-refractivity contribution < 1.29 is 12.8 Å². The average molecular weight is 561 g/mol. The molecule has 2 aromatic carbocycles. The van der Waals surface area contributed by atoms with Gasteiger partial charge in [-0.05, 0) is 87.5 Å². The zero-order chi connectivity index (χ0) is 23.3. The molecule has 0 N–H and O–H groups in total. The van der Waals surface area contributed by atoms with Crippen LogP contribution in [0.15, 0.2) is 70.7 Å². The molecule has 1 aromatic heterocycles. The lowest BCUT2D eigenvalue weighted by Gasteiger charge is -2.36. The molecule has 0 unspecified atom stereocenters. The van der Waals surface area contributed by atoms with E-state index in [4.69, 9.17) is 0 Å². The third-order valence-electron chi connectivity index (χ3n) is 6.32. The molecule has 4 rings (SSSR count). The van der Waals surface area contributed by atoms with E-state index >= 15 is 0 Å². The molecule has 0 amide bonds. The van der Waals surface area contributed by atoms with Gasteiger partial charge in [-0.2, -0.15) is 4.31 Å². The summed E-state index contributed by atoms with van der Waals surface area (Å²) < 4.78 is 41.3. The van der Waals surface area contributed by atoms with Crippen LogP contribution in [0.2, 0.25) is 0 Å². The van der Waals surface area contributed by atoms with Crippen molar-refractivity contribution in [3.8, 4) is 0 Å². The highest BCUT2D eigenvalue weighted by atomic mass is 35.5. The molecule has 0 atom stereocenters. The molecule has 1 aliphatic rings. The number of likely N-dealkylation sites (tertiary alicyclic amines) is 1. The number of thioether (sulfide) groups is 1. The van der Waals surface area contributed by atoms with Crippen molar-refractivity contribution in [1.82, 2.24) is 14.2 Å². The van der Waals surface area contributed by atoms with Gasteiger partial charge in [0.1, 0.15) is 5.82 Å². The molecule has 0 bridgehead atoms. The standard InChI is InChI=1S/C25H30FN3O2S2.2ClH/c1-28(33(30,31)25-6-4-5-20-19-27-14-11-24(20)25)22-12-16-29(17-13-22)15-2-3-18-32-23-9-7-21(26)8-10-23;;/h4-11,14,19,22H,2-3,12-13,15-18H2,1H3;2*1H. The van der Waals surface area contributed by atoms with Gasteiger partial charge in [0.2, 0.25) is 10.0 Å². The predicted molar refractivity (Wildman–Crippen MR) is 147 cm³/mol. The fourth-order valence-electron chi connectivity index (χ4n) is 4.33. The van der Waals surface area contributed by atoms with Gasteiger partial charge in [-0.15, -0.1) is 36.6 Å². The summed E-state index contributed by atoms with van der Waals surface area (Å²) >= 11 is 1.76. The van der Waals surface area contributed by atoms with Crippen molar-refractivity contribution in [2.75, 3.05) is 32.4 Å². The first kappa shape index (κ1) is 29.8. The summed E-state index contributed by atoms with van der Waals surface area (Å²) in [4.78, 5) is 7.99. The summed E-state index contributed by atoms with van der Waals surface area (Å²) in [6.07, 6.45) is 7.23. The summed E-state index contributed by atoms with van der Waals surface area (Å²) in [7, 11) is -1.86. The molecular weight excluding hydrogens is 528 g/mol. The minimum absolute atomic E-state index is 0. The van der Waals surface area contributed by atoms with Crippen LogP contribution in [0.4, 0.5) is 4.39 Å². The summed E-state index contributed by atoms with van der Waals surface area (Å²) in [6, 6.07) is 13.8. The van der Waals surface area contributed by atoms with Gasteiger partial charge in [-0.3, -0.25) is 4.98 Å². The van der Waals surface area contributed by atoms with E-state index in [1.54, 1.807) is 53.7 Å². The molecule has 3 aromatic rings. The van der Waals surface area contributed by atoms with E-state index in [-0.39, 0.29) is 36.7 Å². The predicted octanol–water partition coefficient (Wildman–Crippen LogP) is 5.87. The van der Waals surface area contributed by atoms with Gasteiger partial charge >= 0.3 is 0 Å². The molecule has 192 valence electrons. The lowest BCUT2D eigenvalue weighted by atomic mass is 10.1. The average Bonchev–Trinajstić information content (AvgIpc) is 2.84. The summed E-state index contributed by atoms with van der Waals surface area (Å²) in [5.41, 5.74) is 0. The largest absolute Gasteiger partial charge is 0.303 e. The molecule has 1 saturated heterocycles. The Hall–Kier alpha value is -1.42. The Kier molecular flexibility index (Phi) is 11.7. The molecule has 0 saturated carbocycles. The number of sulfonamides is 1. The molecule has 1 fully saturated rings. The Morgan fingerprint density at radius 3 is 2.49 bits per heavy atom. The lowest BCUT2D eigenvalue weighted by molar-refractivity contribution is 0.168. The number of benzene rings is 2. The van der Waals surface area contributed by atoms with Crippen LogP contribution in [-0.4, -0.2) is 61.1 Å². The number of unbranched alkanes of at least 4 members (excludes halogenated alkanes) is 1. The minimum Gasteiger partial charge on any atom is -0.303 e. The first-order chi connectivity index (χ1) is 15.9. The fourth-order valence-corrected chi connectivity index (χ4v) is 6.87. The van der Waals surface area contributed by atoms with Crippen molar-refractivity contribution in [3.05, 3.63) is 66.7 Å². The molecule has 10 heteroatoms. The van der Waals surface area contributed by atoms with Gasteiger partial charge in [0.25, 0.3) is 0 Å². The Morgan fingerprint density at radius 2 is 1.77 bits per heavy atom. The maximum absolute atomic E-state index is 13.4. The van der Waals surface area contributed by atoms with Crippen molar-refractivity contribution in [2.45, 2.75) is 41.5 Å². The smallest absolute Gasteiger partial charge is 0.243 e. The minimum atomic E-state index is -3.58. The number of rotatable bonds is 9. The number of fused-ring (bicyclic) bond motifs is 1. The Labute approximate surface area is 224 Å². The van der Waals surface area contributed by atoms with Crippen LogP contribution in [0.3, 0.4) is 0 Å². The topological polar surface area (TPSA) is 53.5 Å². The molecular formula is C25H32Cl2FN3O2S2. The van der Waals surface area contributed by atoms with Gasteiger partial charge in [0, 0.05) is 41.2 Å². The van der Waals surface area contributed by atoms with Gasteiger partial charge in [-0.1, -0.05) is 12.1 Å². The molecule has 2 heterocycles. The van der Waals surface area contributed by atoms with Crippen LogP contribution in [0.1, 0.15) is 25.7 Å². The van der Waals surface area contributed by atoms with E-state index in [1.807, 2.05) is 18.2 Å². The first-order valence-electron chi connectivity index (χ1n) is 11.4. The maximum Gasteiger partial charge on any atom is 0.243 e. The quantitative estimate of drug-likeness (QED) is 0.242. The van der Waals surface area contributed by atoms with Gasteiger partial charge in [0.15, 0.2) is 0 Å². The van der Waals surface area contributed by atoms with Crippen molar-refractivity contribution in [2.24, 2.45) is 0 Å². The Bertz CT molecular complexity index is 1170. The third kappa shape index (κ3) is 7.54. The number of piperidine rings is 1. The second-order valence-corrected chi connectivity index (χ2v) is 11.6. The van der Waals surface area contributed by atoms with Crippen LogP contribution in [0, 0.1) is 5.82 Å². The number of halogens is 3. The third-order valence-corrected chi connectivity index (χ3v) is 9.39. The van der Waals surface area contributed by atoms with Crippen LogP contribution in [0.5, 0.6) is 0 Å². The van der Waals surface area contributed by atoms with E-state index in [0.29, 0.717) is 4.90 Å². The SMILES string of the molecule is CN(C1CCN(CCCCSc2ccc(F)cc2)CC1)S(=O)(=O)c1cccc2cnccc12.Cl.Cl. The summed E-state index contributed by atoms with van der Waals surface area (Å²) in [5, 5.41) is 1.55. The number of hydrogen-bond acceptors (Lipinski definition) is 5. The summed E-state index contributed by atoms with van der Waals surface area (Å²) in [5.74, 6) is 0.819. The Morgan fingerprint density at radius 1 is 1.06 bits per heavy atom. The number of pyridine rings is 1. The number of aromatic nitrogens is 1. The van der Waals surface area contributed by atoms with Crippen molar-refractivity contribution in [1.29, 1.82) is 0 Å². The molecule has 1 aliphatic heterocycles. The fraction of sp³-hybridized carbons (Fsp3) is 0.400.